The molecule has 96 valence electrons. The van der Waals surface area contributed by atoms with Crippen LogP contribution >= 0.6 is 0 Å². The number of hydrogen-bond donors (Lipinski definition) is 2. The van der Waals surface area contributed by atoms with Crippen LogP contribution in [0.1, 0.15) is 12.8 Å². The Bertz CT molecular complexity index is 305. The summed E-state index contributed by atoms with van der Waals surface area (Å²) in [5, 5.41) is 10.8. The second-order valence-corrected chi connectivity index (χ2v) is 3.72. The van der Waals surface area contributed by atoms with Crippen molar-refractivity contribution in [3.05, 3.63) is 0 Å². The van der Waals surface area contributed by atoms with Gasteiger partial charge in [0, 0.05) is 19.5 Å². The summed E-state index contributed by atoms with van der Waals surface area (Å²) >= 11 is 0. The minimum atomic E-state index is -1.04. The van der Waals surface area contributed by atoms with Gasteiger partial charge >= 0.3 is 5.97 Å². The van der Waals surface area contributed by atoms with E-state index in [2.05, 4.69) is 5.32 Å². The third kappa shape index (κ3) is 5.30. The molecular weight excluding hydrogens is 228 g/mol. The molecule has 0 aromatic heterocycles. The maximum Gasteiger partial charge on any atom is 0.329 e. The largest absolute Gasteiger partial charge is 0.480 e. The molecule has 1 saturated heterocycles. The Morgan fingerprint density at radius 3 is 2.82 bits per heavy atom. The maximum atomic E-state index is 11.4. The molecule has 0 radical (unpaired) electrons. The van der Waals surface area contributed by atoms with Crippen molar-refractivity contribution < 1.29 is 24.2 Å². The summed E-state index contributed by atoms with van der Waals surface area (Å²) in [7, 11) is 0. The van der Waals surface area contributed by atoms with E-state index in [-0.39, 0.29) is 38.1 Å². The maximum absolute atomic E-state index is 11.4. The third-order valence-corrected chi connectivity index (χ3v) is 2.30. The van der Waals surface area contributed by atoms with Crippen LogP contribution in [0, 0.1) is 0 Å². The zero-order chi connectivity index (χ0) is 12.7. The molecule has 1 heterocycles. The van der Waals surface area contributed by atoms with Crippen molar-refractivity contribution in [1.82, 2.24) is 10.2 Å². The predicted octanol–water partition coefficient (Wildman–Crippen LogP) is -1.17. The van der Waals surface area contributed by atoms with E-state index in [1.807, 2.05) is 0 Å². The van der Waals surface area contributed by atoms with Gasteiger partial charge in [-0.05, 0) is 6.42 Å². The molecule has 2 amide bonds. The smallest absolute Gasteiger partial charge is 0.329 e. The molecule has 0 bridgehead atoms. The quantitative estimate of drug-likeness (QED) is 0.550. The molecule has 1 aliphatic heterocycles. The minimum absolute atomic E-state index is 0.00211. The number of carbonyl (C=O) groups is 3. The number of carbonyl (C=O) groups excluding carboxylic acids is 2. The van der Waals surface area contributed by atoms with Crippen LogP contribution in [0.4, 0.5) is 0 Å². The van der Waals surface area contributed by atoms with E-state index in [9.17, 15) is 14.4 Å². The molecular formula is C10H16N2O5. The van der Waals surface area contributed by atoms with Crippen LogP contribution in [0.2, 0.25) is 0 Å². The molecule has 0 aromatic rings. The molecule has 0 atom stereocenters. The molecule has 0 spiro atoms. The SMILES string of the molecule is O=C(O)COCCNC(=O)CN1CCCC1=O. The standard InChI is InChI=1S/C10H16N2O5/c13-8(6-12-4-1-2-9(12)14)11-3-5-17-7-10(15)16/h1-7H2,(H,11,13)(H,15,16). The Hall–Kier alpha value is -1.63. The van der Waals surface area contributed by atoms with E-state index < -0.39 is 5.97 Å². The first-order chi connectivity index (χ1) is 8.09. The van der Waals surface area contributed by atoms with Crippen LogP contribution in [0.15, 0.2) is 0 Å². The molecule has 0 aliphatic carbocycles. The lowest BCUT2D eigenvalue weighted by atomic mass is 10.4. The fourth-order valence-corrected chi connectivity index (χ4v) is 1.52. The fourth-order valence-electron chi connectivity index (χ4n) is 1.52. The highest BCUT2D eigenvalue weighted by Crippen LogP contribution is 2.08. The molecule has 0 unspecified atom stereocenters. The number of nitrogens with one attached hydrogen (secondary N) is 1. The van der Waals surface area contributed by atoms with Gasteiger partial charge in [-0.2, -0.15) is 0 Å². The number of carboxylic acid groups (broad SMARTS) is 1. The van der Waals surface area contributed by atoms with Gasteiger partial charge < -0.3 is 20.1 Å². The van der Waals surface area contributed by atoms with Gasteiger partial charge in [-0.1, -0.05) is 0 Å². The molecule has 0 aromatic carbocycles. The fraction of sp³-hybridized carbons (Fsp3) is 0.700. The number of nitrogens with zero attached hydrogens (tertiary/aromatic N) is 1. The zero-order valence-electron chi connectivity index (χ0n) is 9.48. The lowest BCUT2D eigenvalue weighted by Gasteiger charge is -2.14. The van der Waals surface area contributed by atoms with E-state index in [4.69, 9.17) is 9.84 Å². The summed E-state index contributed by atoms with van der Waals surface area (Å²) < 4.78 is 4.74. The molecule has 7 nitrogen and oxygen atoms in total. The highest BCUT2D eigenvalue weighted by molar-refractivity contribution is 5.85. The molecule has 1 fully saturated rings. The normalized spacial score (nSPS) is 15.1. The van der Waals surface area contributed by atoms with Gasteiger partial charge in [0.15, 0.2) is 0 Å². The summed E-state index contributed by atoms with van der Waals surface area (Å²) in [6, 6.07) is 0. The van der Waals surface area contributed by atoms with Gasteiger partial charge in [-0.15, -0.1) is 0 Å². The Balaban J connectivity index is 2.05. The Morgan fingerprint density at radius 2 is 2.24 bits per heavy atom. The van der Waals surface area contributed by atoms with Gasteiger partial charge in [0.05, 0.1) is 13.2 Å². The number of hydrogen-bond acceptors (Lipinski definition) is 4. The highest BCUT2D eigenvalue weighted by atomic mass is 16.5. The first-order valence-electron chi connectivity index (χ1n) is 5.43. The number of rotatable bonds is 7. The summed E-state index contributed by atoms with van der Waals surface area (Å²) in [6.07, 6.45) is 1.31. The van der Waals surface area contributed by atoms with E-state index >= 15 is 0 Å². The topological polar surface area (TPSA) is 95.9 Å². The van der Waals surface area contributed by atoms with E-state index in [1.165, 1.54) is 4.90 Å². The zero-order valence-corrected chi connectivity index (χ0v) is 9.48. The van der Waals surface area contributed by atoms with Gasteiger partial charge in [-0.3, -0.25) is 9.59 Å². The molecule has 1 rings (SSSR count). The lowest BCUT2D eigenvalue weighted by molar-refractivity contribution is -0.142. The molecule has 7 heteroatoms. The number of ether oxygens (including phenoxy) is 1. The average Bonchev–Trinajstić information content (AvgIpc) is 2.63. The third-order valence-electron chi connectivity index (χ3n) is 2.30. The minimum Gasteiger partial charge on any atom is -0.480 e. The van der Waals surface area contributed by atoms with Crippen molar-refractivity contribution in [2.45, 2.75) is 12.8 Å². The van der Waals surface area contributed by atoms with E-state index in [0.29, 0.717) is 13.0 Å². The summed E-state index contributed by atoms with van der Waals surface area (Å²) in [5.41, 5.74) is 0. The van der Waals surface area contributed by atoms with Gasteiger partial charge in [0.1, 0.15) is 6.61 Å². The number of likely N-dealkylation sites (tertiary alicyclic amines) is 1. The number of amides is 2. The van der Waals surface area contributed by atoms with Gasteiger partial charge in [-0.25, -0.2) is 4.79 Å². The van der Waals surface area contributed by atoms with Crippen molar-refractivity contribution in [2.75, 3.05) is 32.8 Å². The molecule has 2 N–H and O–H groups in total. The van der Waals surface area contributed by atoms with Gasteiger partial charge in [0.25, 0.3) is 0 Å². The van der Waals surface area contributed by atoms with Crippen LogP contribution in [0.25, 0.3) is 0 Å². The molecule has 1 aliphatic rings. The number of aliphatic carboxylic acids is 1. The predicted molar refractivity (Wildman–Crippen MR) is 57.3 cm³/mol. The monoisotopic (exact) mass is 244 g/mol. The summed E-state index contributed by atoms with van der Waals surface area (Å²) in [4.78, 5) is 34.2. The number of carboxylic acids is 1. The van der Waals surface area contributed by atoms with E-state index in [0.717, 1.165) is 6.42 Å². The Morgan fingerprint density at radius 1 is 1.47 bits per heavy atom. The van der Waals surface area contributed by atoms with Crippen molar-refractivity contribution >= 4 is 17.8 Å². The summed E-state index contributed by atoms with van der Waals surface area (Å²) in [6.45, 7) is 0.708. The van der Waals surface area contributed by atoms with Crippen molar-refractivity contribution in [1.29, 1.82) is 0 Å². The van der Waals surface area contributed by atoms with Crippen LogP contribution < -0.4 is 5.32 Å². The average molecular weight is 244 g/mol. The first kappa shape index (κ1) is 13.4. The van der Waals surface area contributed by atoms with Crippen LogP contribution in [-0.2, 0) is 19.1 Å². The second-order valence-electron chi connectivity index (χ2n) is 3.72. The van der Waals surface area contributed by atoms with Crippen LogP contribution in [-0.4, -0.2) is 60.6 Å². The Labute approximate surface area is 98.7 Å². The van der Waals surface area contributed by atoms with Crippen molar-refractivity contribution in [3.63, 3.8) is 0 Å². The molecule has 0 saturated carbocycles. The van der Waals surface area contributed by atoms with E-state index in [1.54, 1.807) is 0 Å². The highest BCUT2D eigenvalue weighted by Gasteiger charge is 2.21. The van der Waals surface area contributed by atoms with Crippen LogP contribution in [0.5, 0.6) is 0 Å². The second kappa shape index (κ2) is 6.85. The Kier molecular flexibility index (Phi) is 5.41. The summed E-state index contributed by atoms with van der Waals surface area (Å²) in [5.74, 6) is -1.29. The van der Waals surface area contributed by atoms with Crippen molar-refractivity contribution in [3.8, 4) is 0 Å². The van der Waals surface area contributed by atoms with Crippen molar-refractivity contribution in [2.24, 2.45) is 0 Å². The van der Waals surface area contributed by atoms with Crippen LogP contribution in [0.3, 0.4) is 0 Å². The lowest BCUT2D eigenvalue weighted by Crippen LogP contribution is -2.39. The van der Waals surface area contributed by atoms with Gasteiger partial charge in [0.2, 0.25) is 11.8 Å². The molecule has 17 heavy (non-hydrogen) atoms. The first-order valence-corrected chi connectivity index (χ1v) is 5.43.